The average molecular weight is 488 g/mol. The molecule has 2 N–H and O–H groups in total. The Bertz CT molecular complexity index is 1180. The molecule has 1 spiro atoms. The molecule has 7 heteroatoms. The van der Waals surface area contributed by atoms with Crippen LogP contribution in [0.25, 0.3) is 11.1 Å². The van der Waals surface area contributed by atoms with E-state index in [0.29, 0.717) is 17.5 Å². The van der Waals surface area contributed by atoms with Crippen molar-refractivity contribution in [2.24, 2.45) is 5.41 Å². The summed E-state index contributed by atoms with van der Waals surface area (Å²) in [5, 5.41) is 26.8. The molecule has 0 unspecified atom stereocenters. The maximum Gasteiger partial charge on any atom is 0.416 e. The van der Waals surface area contributed by atoms with E-state index < -0.39 is 23.9 Å². The second-order valence-corrected chi connectivity index (χ2v) is 10.9. The molecule has 180 valence electrons. The number of aromatic nitrogens is 1. The quantitative estimate of drug-likeness (QED) is 0.410. The lowest BCUT2D eigenvalue weighted by molar-refractivity contribution is -0.137. The van der Waals surface area contributed by atoms with Gasteiger partial charge in [-0.15, -0.1) is 0 Å². The zero-order valence-corrected chi connectivity index (χ0v) is 20.0. The Morgan fingerprint density at radius 2 is 1.82 bits per heavy atom. The fourth-order valence-electron chi connectivity index (χ4n) is 5.63. The first-order chi connectivity index (χ1) is 16.1. The van der Waals surface area contributed by atoms with Crippen molar-refractivity contribution in [3.63, 3.8) is 0 Å². The predicted molar refractivity (Wildman–Crippen MR) is 127 cm³/mol. The van der Waals surface area contributed by atoms with Crippen LogP contribution >= 0.6 is 11.3 Å². The summed E-state index contributed by atoms with van der Waals surface area (Å²) in [6.45, 7) is 4.01. The molecule has 2 aliphatic carbocycles. The first kappa shape index (κ1) is 23.5. The monoisotopic (exact) mass is 487 g/mol. The third kappa shape index (κ3) is 3.97. The van der Waals surface area contributed by atoms with Gasteiger partial charge in [0.2, 0.25) is 0 Å². The van der Waals surface area contributed by atoms with Crippen molar-refractivity contribution in [3.05, 3.63) is 74.7 Å². The molecular weight excluding hydrogens is 459 g/mol. The lowest BCUT2D eigenvalue weighted by atomic mass is 9.59. The Labute approximate surface area is 201 Å². The number of halogens is 3. The lowest BCUT2D eigenvalue weighted by Crippen LogP contribution is -2.38. The third-order valence-corrected chi connectivity index (χ3v) is 8.16. The number of fused-ring (bicyclic) bond motifs is 1. The van der Waals surface area contributed by atoms with E-state index in [-0.39, 0.29) is 11.3 Å². The van der Waals surface area contributed by atoms with E-state index >= 15 is 0 Å². The van der Waals surface area contributed by atoms with Crippen LogP contribution in [0.3, 0.4) is 0 Å². The predicted octanol–water partition coefficient (Wildman–Crippen LogP) is 7.18. The molecule has 5 rings (SSSR count). The van der Waals surface area contributed by atoms with Crippen LogP contribution in [0, 0.1) is 5.41 Å². The van der Waals surface area contributed by atoms with Crippen molar-refractivity contribution >= 4 is 11.3 Å². The van der Waals surface area contributed by atoms with Gasteiger partial charge in [-0.1, -0.05) is 32.4 Å². The van der Waals surface area contributed by atoms with Crippen LogP contribution in [0.4, 0.5) is 13.2 Å². The lowest BCUT2D eigenvalue weighted by Gasteiger charge is -2.47. The van der Waals surface area contributed by atoms with E-state index in [0.717, 1.165) is 59.5 Å². The summed E-state index contributed by atoms with van der Waals surface area (Å²) < 4.78 is 39.3. The van der Waals surface area contributed by atoms with Crippen LogP contribution < -0.4 is 0 Å². The highest BCUT2D eigenvalue weighted by molar-refractivity contribution is 7.08. The minimum atomic E-state index is -4.44. The number of aliphatic hydroxyl groups excluding tert-OH is 2. The molecule has 3 aromatic rings. The Morgan fingerprint density at radius 1 is 1.12 bits per heavy atom. The molecule has 2 heterocycles. The van der Waals surface area contributed by atoms with Crippen molar-refractivity contribution in [2.75, 3.05) is 0 Å². The van der Waals surface area contributed by atoms with E-state index in [1.807, 2.05) is 30.7 Å². The number of benzene rings is 1. The highest BCUT2D eigenvalue weighted by atomic mass is 32.1. The van der Waals surface area contributed by atoms with Gasteiger partial charge in [0.15, 0.2) is 0 Å². The van der Waals surface area contributed by atoms with Gasteiger partial charge in [0, 0.05) is 22.5 Å². The standard InChI is InChI=1S/C27H28F3NO2S/c1-15(2)24-23(25(33)16-4-6-18(7-5-16)27(28,29)30)21(17-8-11-34-14-17)22-19(31-24)12-26(9-3-10-26)13-20(22)32/h4-8,11,14-15,20,25,32-33H,3,9-10,12-13H2,1-2H3/t20-,25+/m0/s1. The largest absolute Gasteiger partial charge is 0.416 e. The van der Waals surface area contributed by atoms with Crippen LogP contribution in [-0.4, -0.2) is 15.2 Å². The number of thiophene rings is 1. The number of hydrogen-bond acceptors (Lipinski definition) is 4. The van der Waals surface area contributed by atoms with Crippen LogP contribution in [0.5, 0.6) is 0 Å². The molecule has 0 bridgehead atoms. The van der Waals surface area contributed by atoms with Crippen LogP contribution in [0.1, 0.15) is 91.3 Å². The van der Waals surface area contributed by atoms with Gasteiger partial charge in [-0.05, 0) is 82.7 Å². The second-order valence-electron chi connectivity index (χ2n) is 10.1. The summed E-state index contributed by atoms with van der Waals surface area (Å²) in [6, 6.07) is 6.62. The minimum absolute atomic E-state index is 0.0156. The summed E-state index contributed by atoms with van der Waals surface area (Å²) in [4.78, 5) is 5.02. The van der Waals surface area contributed by atoms with Gasteiger partial charge < -0.3 is 10.2 Å². The summed E-state index contributed by atoms with van der Waals surface area (Å²) in [5.74, 6) is -0.0156. The zero-order valence-electron chi connectivity index (χ0n) is 19.2. The molecule has 1 saturated carbocycles. The topological polar surface area (TPSA) is 53.4 Å². The molecule has 1 fully saturated rings. The molecule has 2 atom stereocenters. The van der Waals surface area contributed by atoms with Gasteiger partial charge in [-0.25, -0.2) is 0 Å². The number of aliphatic hydroxyl groups is 2. The average Bonchev–Trinajstić information content (AvgIpc) is 3.30. The molecular formula is C27H28F3NO2S. The smallest absolute Gasteiger partial charge is 0.388 e. The number of nitrogens with zero attached hydrogens (tertiary/aromatic N) is 1. The number of hydrogen-bond donors (Lipinski definition) is 2. The van der Waals surface area contributed by atoms with E-state index in [1.54, 1.807) is 0 Å². The number of rotatable bonds is 4. The van der Waals surface area contributed by atoms with Crippen LogP contribution in [-0.2, 0) is 12.6 Å². The Kier molecular flexibility index (Phi) is 5.86. The molecule has 1 aromatic carbocycles. The summed E-state index contributed by atoms with van der Waals surface area (Å²) >= 11 is 1.53. The van der Waals surface area contributed by atoms with E-state index in [4.69, 9.17) is 4.98 Å². The number of pyridine rings is 1. The van der Waals surface area contributed by atoms with Crippen molar-refractivity contribution in [1.29, 1.82) is 0 Å². The molecule has 0 radical (unpaired) electrons. The number of alkyl halides is 3. The highest BCUT2D eigenvalue weighted by Crippen LogP contribution is 2.55. The molecule has 34 heavy (non-hydrogen) atoms. The fraction of sp³-hybridized carbons (Fsp3) is 0.444. The van der Waals surface area contributed by atoms with Gasteiger partial charge in [-0.2, -0.15) is 24.5 Å². The Balaban J connectivity index is 1.71. The van der Waals surface area contributed by atoms with E-state index in [1.165, 1.54) is 29.9 Å². The summed E-state index contributed by atoms with van der Waals surface area (Å²) in [5.41, 5.74) is 4.37. The van der Waals surface area contributed by atoms with E-state index in [2.05, 4.69) is 0 Å². The van der Waals surface area contributed by atoms with E-state index in [9.17, 15) is 23.4 Å². The van der Waals surface area contributed by atoms with Crippen molar-refractivity contribution < 1.29 is 23.4 Å². The first-order valence-corrected chi connectivity index (χ1v) is 12.7. The van der Waals surface area contributed by atoms with Gasteiger partial charge in [0.1, 0.15) is 6.10 Å². The van der Waals surface area contributed by atoms with Gasteiger partial charge in [0.05, 0.1) is 11.7 Å². The molecule has 2 aliphatic rings. The van der Waals surface area contributed by atoms with Crippen LogP contribution in [0.15, 0.2) is 41.1 Å². The SMILES string of the molecule is CC(C)c1nc2c(c(-c3ccsc3)c1[C@H](O)c1ccc(C(F)(F)F)cc1)[C@@H](O)CC1(CCC1)C2. The third-order valence-electron chi connectivity index (χ3n) is 7.48. The Morgan fingerprint density at radius 3 is 2.35 bits per heavy atom. The van der Waals surface area contributed by atoms with Crippen LogP contribution in [0.2, 0.25) is 0 Å². The van der Waals surface area contributed by atoms with Crippen molar-refractivity contribution in [3.8, 4) is 11.1 Å². The molecule has 3 nitrogen and oxygen atoms in total. The van der Waals surface area contributed by atoms with Crippen molar-refractivity contribution in [1.82, 2.24) is 4.98 Å². The second kappa shape index (κ2) is 8.47. The maximum absolute atomic E-state index is 13.1. The Hall–Kier alpha value is -2.22. The highest BCUT2D eigenvalue weighted by Gasteiger charge is 2.45. The molecule has 0 amide bonds. The first-order valence-electron chi connectivity index (χ1n) is 11.7. The van der Waals surface area contributed by atoms with Gasteiger partial charge in [0.25, 0.3) is 0 Å². The fourth-order valence-corrected chi connectivity index (χ4v) is 6.28. The summed E-state index contributed by atoms with van der Waals surface area (Å²) in [7, 11) is 0. The molecule has 2 aromatic heterocycles. The van der Waals surface area contributed by atoms with Gasteiger partial charge in [-0.3, -0.25) is 4.98 Å². The molecule has 0 aliphatic heterocycles. The normalized spacial score (nSPS) is 20.3. The van der Waals surface area contributed by atoms with Crippen molar-refractivity contribution in [2.45, 2.75) is 70.3 Å². The molecule has 0 saturated heterocycles. The summed E-state index contributed by atoms with van der Waals surface area (Å²) in [6.07, 6.45) is -1.46. The zero-order chi connectivity index (χ0) is 24.3. The maximum atomic E-state index is 13.1. The van der Waals surface area contributed by atoms with Gasteiger partial charge >= 0.3 is 6.18 Å². The minimum Gasteiger partial charge on any atom is -0.388 e.